The van der Waals surface area contributed by atoms with Crippen LogP contribution in [-0.4, -0.2) is 39.6 Å². The third-order valence-corrected chi connectivity index (χ3v) is 6.46. The van der Waals surface area contributed by atoms with Gasteiger partial charge in [-0.05, 0) is 46.9 Å². The van der Waals surface area contributed by atoms with Crippen molar-refractivity contribution in [3.8, 4) is 0 Å². The Hall–Kier alpha value is -3.93. The van der Waals surface area contributed by atoms with Gasteiger partial charge >= 0.3 is 0 Å². The third kappa shape index (κ3) is 4.86. The molecule has 34 heavy (non-hydrogen) atoms. The van der Waals surface area contributed by atoms with Gasteiger partial charge in [0.15, 0.2) is 0 Å². The predicted molar refractivity (Wildman–Crippen MR) is 132 cm³/mol. The molecule has 1 atom stereocenters. The SMILES string of the molecule is O=C(NCc1cccc(Cn2cccn2)c1)C1CCCN(C(=O)c2cccc3ccccc23)C1. The molecule has 1 aromatic heterocycles. The molecule has 6 heteroatoms. The maximum absolute atomic E-state index is 13.3. The molecule has 2 amide bonds. The molecule has 1 unspecified atom stereocenters. The Kier molecular flexibility index (Phi) is 6.38. The molecule has 172 valence electrons. The summed E-state index contributed by atoms with van der Waals surface area (Å²) in [6.45, 7) is 2.30. The van der Waals surface area contributed by atoms with Crippen LogP contribution in [0, 0.1) is 5.92 Å². The fourth-order valence-electron chi connectivity index (χ4n) is 4.71. The minimum absolute atomic E-state index is 0.000577. The minimum Gasteiger partial charge on any atom is -0.352 e. The lowest BCUT2D eigenvalue weighted by Gasteiger charge is -2.32. The first-order valence-electron chi connectivity index (χ1n) is 11.8. The Labute approximate surface area is 199 Å². The number of hydrogen-bond donors (Lipinski definition) is 1. The second-order valence-electron chi connectivity index (χ2n) is 8.86. The molecule has 1 aliphatic rings. The summed E-state index contributed by atoms with van der Waals surface area (Å²) in [4.78, 5) is 28.1. The largest absolute Gasteiger partial charge is 0.352 e. The standard InChI is InChI=1S/C28H28N4O2/c33-27(29-18-21-7-3-8-22(17-21)19-32-16-6-14-30-32)24-11-5-15-31(20-24)28(34)26-13-4-10-23-9-1-2-12-25(23)26/h1-4,6-10,12-14,16-17,24H,5,11,15,18-20H2,(H,29,33). The molecular formula is C28H28N4O2. The summed E-state index contributed by atoms with van der Waals surface area (Å²) >= 11 is 0. The Balaban J connectivity index is 1.21. The summed E-state index contributed by atoms with van der Waals surface area (Å²) in [5.74, 6) is -0.187. The van der Waals surface area contributed by atoms with Crippen LogP contribution in [0.3, 0.4) is 0 Å². The Bertz CT molecular complexity index is 1290. The average Bonchev–Trinajstić information content (AvgIpc) is 3.40. The van der Waals surface area contributed by atoms with E-state index in [1.165, 1.54) is 0 Å². The highest BCUT2D eigenvalue weighted by Crippen LogP contribution is 2.24. The molecule has 3 aromatic carbocycles. The van der Waals surface area contributed by atoms with Gasteiger partial charge in [0.05, 0.1) is 12.5 Å². The topological polar surface area (TPSA) is 67.2 Å². The van der Waals surface area contributed by atoms with Crippen LogP contribution in [0.2, 0.25) is 0 Å². The van der Waals surface area contributed by atoms with Crippen molar-refractivity contribution in [3.63, 3.8) is 0 Å². The van der Waals surface area contributed by atoms with Gasteiger partial charge < -0.3 is 10.2 Å². The van der Waals surface area contributed by atoms with Gasteiger partial charge in [-0.1, -0.05) is 60.7 Å². The van der Waals surface area contributed by atoms with E-state index in [-0.39, 0.29) is 17.7 Å². The van der Waals surface area contributed by atoms with E-state index < -0.39 is 0 Å². The minimum atomic E-state index is -0.195. The zero-order valence-electron chi connectivity index (χ0n) is 19.1. The monoisotopic (exact) mass is 452 g/mol. The molecule has 0 radical (unpaired) electrons. The van der Waals surface area contributed by atoms with Crippen LogP contribution in [-0.2, 0) is 17.9 Å². The molecule has 1 N–H and O–H groups in total. The second-order valence-corrected chi connectivity index (χ2v) is 8.86. The lowest BCUT2D eigenvalue weighted by Crippen LogP contribution is -2.45. The van der Waals surface area contributed by atoms with Crippen LogP contribution in [0.15, 0.2) is 85.2 Å². The van der Waals surface area contributed by atoms with Crippen LogP contribution >= 0.6 is 0 Å². The fourth-order valence-corrected chi connectivity index (χ4v) is 4.71. The van der Waals surface area contributed by atoms with Crippen molar-refractivity contribution in [2.24, 2.45) is 5.92 Å². The molecule has 0 saturated carbocycles. The number of likely N-dealkylation sites (tertiary alicyclic amines) is 1. The van der Waals surface area contributed by atoms with E-state index in [4.69, 9.17) is 0 Å². The van der Waals surface area contributed by atoms with E-state index >= 15 is 0 Å². The number of hydrogen-bond acceptors (Lipinski definition) is 3. The first-order chi connectivity index (χ1) is 16.7. The number of nitrogens with one attached hydrogen (secondary N) is 1. The maximum Gasteiger partial charge on any atom is 0.254 e. The highest BCUT2D eigenvalue weighted by molar-refractivity contribution is 6.07. The van der Waals surface area contributed by atoms with Crippen LogP contribution in [0.5, 0.6) is 0 Å². The number of amides is 2. The van der Waals surface area contributed by atoms with Crippen LogP contribution in [0.1, 0.15) is 34.3 Å². The van der Waals surface area contributed by atoms with Crippen molar-refractivity contribution in [3.05, 3.63) is 102 Å². The van der Waals surface area contributed by atoms with E-state index in [0.717, 1.165) is 34.7 Å². The Morgan fingerprint density at radius 3 is 2.68 bits per heavy atom. The summed E-state index contributed by atoms with van der Waals surface area (Å²) in [7, 11) is 0. The number of aromatic nitrogens is 2. The van der Waals surface area contributed by atoms with E-state index in [1.54, 1.807) is 6.20 Å². The maximum atomic E-state index is 13.3. The van der Waals surface area contributed by atoms with Crippen molar-refractivity contribution in [1.82, 2.24) is 20.0 Å². The molecule has 0 spiro atoms. The Morgan fingerprint density at radius 1 is 0.971 bits per heavy atom. The van der Waals surface area contributed by atoms with Crippen molar-refractivity contribution in [2.75, 3.05) is 13.1 Å². The van der Waals surface area contributed by atoms with Gasteiger partial charge in [0.1, 0.15) is 0 Å². The third-order valence-electron chi connectivity index (χ3n) is 6.46. The van der Waals surface area contributed by atoms with E-state index in [1.807, 2.05) is 76.4 Å². The van der Waals surface area contributed by atoms with Crippen LogP contribution in [0.4, 0.5) is 0 Å². The molecule has 6 nitrogen and oxygen atoms in total. The zero-order chi connectivity index (χ0) is 23.3. The second kappa shape index (κ2) is 9.91. The highest BCUT2D eigenvalue weighted by atomic mass is 16.2. The summed E-state index contributed by atoms with van der Waals surface area (Å²) in [5, 5.41) is 9.34. The summed E-state index contributed by atoms with van der Waals surface area (Å²) < 4.78 is 1.88. The van der Waals surface area contributed by atoms with Gasteiger partial charge in [-0.25, -0.2) is 0 Å². The Morgan fingerprint density at radius 2 is 1.79 bits per heavy atom. The van der Waals surface area contributed by atoms with E-state index in [9.17, 15) is 9.59 Å². The molecular weight excluding hydrogens is 424 g/mol. The molecule has 0 aliphatic carbocycles. The molecule has 1 saturated heterocycles. The quantitative estimate of drug-likeness (QED) is 0.476. The molecule has 1 aliphatic heterocycles. The number of carbonyl (C=O) groups is 2. The predicted octanol–water partition coefficient (Wildman–Crippen LogP) is 4.25. The molecule has 2 heterocycles. The highest BCUT2D eigenvalue weighted by Gasteiger charge is 2.29. The summed E-state index contributed by atoms with van der Waals surface area (Å²) in [6, 6.07) is 23.8. The van der Waals surface area contributed by atoms with E-state index in [0.29, 0.717) is 31.7 Å². The van der Waals surface area contributed by atoms with Crippen molar-refractivity contribution < 1.29 is 9.59 Å². The number of nitrogens with zero attached hydrogens (tertiary/aromatic N) is 3. The van der Waals surface area contributed by atoms with Gasteiger partial charge in [-0.15, -0.1) is 0 Å². The van der Waals surface area contributed by atoms with Gasteiger partial charge in [-0.3, -0.25) is 14.3 Å². The van der Waals surface area contributed by atoms with Gasteiger partial charge in [0, 0.05) is 37.6 Å². The number of piperidine rings is 1. The molecule has 0 bridgehead atoms. The first-order valence-corrected chi connectivity index (χ1v) is 11.8. The zero-order valence-corrected chi connectivity index (χ0v) is 19.1. The first kappa shape index (κ1) is 21.9. The van der Waals surface area contributed by atoms with Crippen molar-refractivity contribution in [1.29, 1.82) is 0 Å². The van der Waals surface area contributed by atoms with Gasteiger partial charge in [-0.2, -0.15) is 5.10 Å². The smallest absolute Gasteiger partial charge is 0.254 e. The molecule has 5 rings (SSSR count). The molecule has 1 fully saturated rings. The average molecular weight is 453 g/mol. The van der Waals surface area contributed by atoms with Gasteiger partial charge in [0.2, 0.25) is 5.91 Å². The fraction of sp³-hybridized carbons (Fsp3) is 0.250. The van der Waals surface area contributed by atoms with Crippen molar-refractivity contribution in [2.45, 2.75) is 25.9 Å². The van der Waals surface area contributed by atoms with Crippen LogP contribution in [0.25, 0.3) is 10.8 Å². The molecule has 4 aromatic rings. The number of fused-ring (bicyclic) bond motifs is 1. The normalized spacial score (nSPS) is 15.9. The number of rotatable bonds is 6. The lowest BCUT2D eigenvalue weighted by molar-refractivity contribution is -0.126. The summed E-state index contributed by atoms with van der Waals surface area (Å²) in [6.07, 6.45) is 5.32. The lowest BCUT2D eigenvalue weighted by atomic mass is 9.95. The van der Waals surface area contributed by atoms with Crippen LogP contribution < -0.4 is 5.32 Å². The van der Waals surface area contributed by atoms with Crippen molar-refractivity contribution >= 4 is 22.6 Å². The number of carbonyl (C=O) groups excluding carboxylic acids is 2. The van der Waals surface area contributed by atoms with E-state index in [2.05, 4.69) is 22.5 Å². The number of benzene rings is 3. The summed E-state index contributed by atoms with van der Waals surface area (Å²) in [5.41, 5.74) is 2.89. The van der Waals surface area contributed by atoms with Gasteiger partial charge in [0.25, 0.3) is 5.91 Å².